The number of hydrogen-bond donors (Lipinski definition) is 2. The summed E-state index contributed by atoms with van der Waals surface area (Å²) in [4.78, 5) is 21.5. The van der Waals surface area contributed by atoms with E-state index in [2.05, 4.69) is 27.1 Å². The largest absolute Gasteiger partial charge is 0.344 e. The fourth-order valence-corrected chi connectivity index (χ4v) is 2.28. The van der Waals surface area contributed by atoms with Gasteiger partial charge in [0.25, 0.3) is 5.91 Å². The predicted octanol–water partition coefficient (Wildman–Crippen LogP) is 1.09. The number of thiazole rings is 1. The lowest BCUT2D eigenvalue weighted by Gasteiger charge is -2.04. The van der Waals surface area contributed by atoms with E-state index < -0.39 is 0 Å². The van der Waals surface area contributed by atoms with Crippen LogP contribution in [0.4, 0.5) is 0 Å². The molecule has 2 heterocycles. The van der Waals surface area contributed by atoms with Crippen LogP contribution in [0.2, 0.25) is 0 Å². The number of amides is 1. The molecule has 2 aromatic heterocycles. The van der Waals surface area contributed by atoms with Gasteiger partial charge in [0.1, 0.15) is 10.7 Å². The van der Waals surface area contributed by atoms with Crippen molar-refractivity contribution in [1.29, 1.82) is 0 Å². The van der Waals surface area contributed by atoms with E-state index in [0.717, 1.165) is 9.88 Å². The van der Waals surface area contributed by atoms with Gasteiger partial charge in [-0.25, -0.2) is 9.97 Å². The van der Waals surface area contributed by atoms with Gasteiger partial charge in [0.15, 0.2) is 0 Å². The fourth-order valence-electron chi connectivity index (χ4n) is 1.56. The van der Waals surface area contributed by atoms with E-state index in [0.29, 0.717) is 17.8 Å². The molecule has 102 valence electrons. The van der Waals surface area contributed by atoms with Gasteiger partial charge in [0.05, 0.1) is 18.7 Å². The quantitative estimate of drug-likeness (QED) is 0.828. The van der Waals surface area contributed by atoms with Crippen LogP contribution in [-0.4, -0.2) is 22.4 Å². The maximum atomic E-state index is 12.1. The van der Waals surface area contributed by atoms with Crippen molar-refractivity contribution in [2.45, 2.75) is 13.5 Å². The summed E-state index contributed by atoms with van der Waals surface area (Å²) in [7, 11) is 0. The van der Waals surface area contributed by atoms with Gasteiger partial charge >= 0.3 is 0 Å². The summed E-state index contributed by atoms with van der Waals surface area (Å²) in [5.41, 5.74) is 6.22. The Morgan fingerprint density at radius 3 is 3.05 bits per heavy atom. The Kier molecular flexibility index (Phi) is 4.82. The van der Waals surface area contributed by atoms with Gasteiger partial charge in [-0.2, -0.15) is 0 Å². The molecular weight excluding hydrogens is 272 g/mol. The second-order valence-electron chi connectivity index (χ2n) is 3.95. The van der Waals surface area contributed by atoms with E-state index in [4.69, 9.17) is 5.73 Å². The molecule has 0 aliphatic carbocycles. The van der Waals surface area contributed by atoms with Crippen molar-refractivity contribution in [1.82, 2.24) is 15.3 Å². The Bertz CT molecular complexity index is 669. The van der Waals surface area contributed by atoms with Crippen LogP contribution in [0.1, 0.15) is 25.9 Å². The number of carbonyl (C=O) groups is 1. The summed E-state index contributed by atoms with van der Waals surface area (Å²) in [5, 5.41) is 3.66. The van der Waals surface area contributed by atoms with Crippen LogP contribution in [0.3, 0.4) is 0 Å². The van der Waals surface area contributed by atoms with Crippen LogP contribution < -0.4 is 11.1 Å². The molecule has 0 bridgehead atoms. The SMILES string of the molecule is Cc1cnc(CNC(=O)c2ncccc2C#CCN)s1. The average molecular weight is 286 g/mol. The predicted molar refractivity (Wildman–Crippen MR) is 78.2 cm³/mol. The van der Waals surface area contributed by atoms with Crippen molar-refractivity contribution < 1.29 is 4.79 Å². The highest BCUT2D eigenvalue weighted by molar-refractivity contribution is 7.11. The zero-order valence-corrected chi connectivity index (χ0v) is 11.8. The number of nitrogens with one attached hydrogen (secondary N) is 1. The van der Waals surface area contributed by atoms with Crippen molar-refractivity contribution >= 4 is 17.2 Å². The number of nitrogens with zero attached hydrogens (tertiary/aromatic N) is 2. The molecule has 0 radical (unpaired) electrons. The lowest BCUT2D eigenvalue weighted by molar-refractivity contribution is 0.0945. The van der Waals surface area contributed by atoms with Crippen molar-refractivity contribution in [2.24, 2.45) is 5.73 Å². The summed E-state index contributed by atoms with van der Waals surface area (Å²) < 4.78 is 0. The lowest BCUT2D eigenvalue weighted by atomic mass is 10.2. The first kappa shape index (κ1) is 14.2. The lowest BCUT2D eigenvalue weighted by Crippen LogP contribution is -2.24. The molecule has 0 atom stereocenters. The third-order valence-electron chi connectivity index (χ3n) is 2.42. The number of carbonyl (C=O) groups excluding carboxylic acids is 1. The van der Waals surface area contributed by atoms with E-state index in [9.17, 15) is 4.79 Å². The highest BCUT2D eigenvalue weighted by atomic mass is 32.1. The molecule has 0 aromatic carbocycles. The van der Waals surface area contributed by atoms with E-state index in [1.165, 1.54) is 0 Å². The van der Waals surface area contributed by atoms with Crippen molar-refractivity contribution in [3.05, 3.63) is 45.7 Å². The van der Waals surface area contributed by atoms with E-state index >= 15 is 0 Å². The molecule has 0 saturated heterocycles. The molecule has 0 unspecified atom stereocenters. The zero-order valence-electron chi connectivity index (χ0n) is 11.0. The second-order valence-corrected chi connectivity index (χ2v) is 5.27. The molecule has 2 rings (SSSR count). The fraction of sp³-hybridized carbons (Fsp3) is 0.214. The summed E-state index contributed by atoms with van der Waals surface area (Å²) >= 11 is 1.55. The normalized spacial score (nSPS) is 9.70. The minimum Gasteiger partial charge on any atom is -0.344 e. The number of aryl methyl sites for hydroxylation is 1. The first-order valence-electron chi connectivity index (χ1n) is 6.04. The molecule has 0 aliphatic rings. The van der Waals surface area contributed by atoms with Crippen LogP contribution in [0, 0.1) is 18.8 Å². The number of aromatic nitrogens is 2. The first-order valence-corrected chi connectivity index (χ1v) is 6.86. The highest BCUT2D eigenvalue weighted by Crippen LogP contribution is 2.11. The Balaban J connectivity index is 2.09. The minimum atomic E-state index is -0.264. The molecule has 20 heavy (non-hydrogen) atoms. The van der Waals surface area contributed by atoms with Gasteiger partial charge < -0.3 is 11.1 Å². The standard InChI is InChI=1S/C14H14N4OS/c1-10-8-17-12(20-10)9-18-14(19)13-11(4-2-6-15)5-3-7-16-13/h3,5,7-8H,6,9,15H2,1H3,(H,18,19). The van der Waals surface area contributed by atoms with E-state index in [1.54, 1.807) is 35.9 Å². The topological polar surface area (TPSA) is 80.9 Å². The van der Waals surface area contributed by atoms with Gasteiger partial charge in [-0.1, -0.05) is 11.8 Å². The maximum Gasteiger partial charge on any atom is 0.271 e. The number of pyridine rings is 1. The van der Waals surface area contributed by atoms with Crippen LogP contribution in [0.5, 0.6) is 0 Å². The Labute approximate surface area is 121 Å². The molecule has 0 spiro atoms. The summed E-state index contributed by atoms with van der Waals surface area (Å²) in [6.07, 6.45) is 3.35. The van der Waals surface area contributed by atoms with Gasteiger partial charge in [0, 0.05) is 17.3 Å². The third-order valence-corrected chi connectivity index (χ3v) is 3.33. The van der Waals surface area contributed by atoms with Crippen molar-refractivity contribution in [2.75, 3.05) is 6.54 Å². The molecular formula is C14H14N4OS. The Morgan fingerprint density at radius 1 is 1.50 bits per heavy atom. The van der Waals surface area contributed by atoms with E-state index in [-0.39, 0.29) is 12.5 Å². The average Bonchev–Trinajstić information content (AvgIpc) is 2.88. The van der Waals surface area contributed by atoms with Gasteiger partial charge in [-0.15, -0.1) is 11.3 Å². The zero-order chi connectivity index (χ0) is 14.4. The third kappa shape index (κ3) is 3.63. The van der Waals surface area contributed by atoms with Crippen molar-refractivity contribution in [3.8, 4) is 11.8 Å². The van der Waals surface area contributed by atoms with E-state index in [1.807, 2.05) is 6.92 Å². The molecule has 6 heteroatoms. The summed E-state index contributed by atoms with van der Waals surface area (Å²) in [6, 6.07) is 3.49. The van der Waals surface area contributed by atoms with Gasteiger partial charge in [-0.3, -0.25) is 4.79 Å². The number of hydrogen-bond acceptors (Lipinski definition) is 5. The monoisotopic (exact) mass is 286 g/mol. The molecule has 0 aliphatic heterocycles. The molecule has 3 N–H and O–H groups in total. The van der Waals surface area contributed by atoms with Gasteiger partial charge in [0.2, 0.25) is 0 Å². The molecule has 2 aromatic rings. The second kappa shape index (κ2) is 6.80. The minimum absolute atomic E-state index is 0.244. The molecule has 0 saturated carbocycles. The summed E-state index contributed by atoms with van der Waals surface area (Å²) in [6.45, 7) is 2.61. The van der Waals surface area contributed by atoms with Crippen LogP contribution in [0.25, 0.3) is 0 Å². The van der Waals surface area contributed by atoms with Gasteiger partial charge in [-0.05, 0) is 19.1 Å². The summed E-state index contributed by atoms with van der Waals surface area (Å²) in [5.74, 6) is 5.31. The van der Waals surface area contributed by atoms with Crippen LogP contribution >= 0.6 is 11.3 Å². The number of rotatable bonds is 3. The van der Waals surface area contributed by atoms with Crippen LogP contribution in [-0.2, 0) is 6.54 Å². The molecule has 5 nitrogen and oxygen atoms in total. The smallest absolute Gasteiger partial charge is 0.271 e. The molecule has 0 fully saturated rings. The van der Waals surface area contributed by atoms with Crippen molar-refractivity contribution in [3.63, 3.8) is 0 Å². The maximum absolute atomic E-state index is 12.1. The first-order chi connectivity index (χ1) is 9.70. The van der Waals surface area contributed by atoms with Crippen LogP contribution in [0.15, 0.2) is 24.5 Å². The Hall–Kier alpha value is -2.23. The highest BCUT2D eigenvalue weighted by Gasteiger charge is 2.11. The molecule has 1 amide bonds. The number of nitrogens with two attached hydrogens (primary N) is 1. The Morgan fingerprint density at radius 2 is 2.35 bits per heavy atom.